The molecule has 0 bridgehead atoms. The predicted octanol–water partition coefficient (Wildman–Crippen LogP) is 2.37. The van der Waals surface area contributed by atoms with Gasteiger partial charge in [-0.3, -0.25) is 0 Å². The molecule has 0 unspecified atom stereocenters. The van der Waals surface area contributed by atoms with E-state index in [1.165, 1.54) is 0 Å². The lowest BCUT2D eigenvalue weighted by atomic mass is 9.94. The minimum atomic E-state index is -0.417. The highest BCUT2D eigenvalue weighted by Gasteiger charge is 2.46. The highest BCUT2D eigenvalue weighted by Crippen LogP contribution is 2.37. The van der Waals surface area contributed by atoms with E-state index in [-0.39, 0.29) is 24.3 Å². The van der Waals surface area contributed by atoms with E-state index in [2.05, 4.69) is 10.6 Å². The summed E-state index contributed by atoms with van der Waals surface area (Å²) in [7, 11) is 0. The number of aliphatic hydroxyl groups is 1. The Hall–Kier alpha value is -1.59. The Bertz CT molecular complexity index is 514. The van der Waals surface area contributed by atoms with Crippen molar-refractivity contribution < 1.29 is 14.6 Å². The van der Waals surface area contributed by atoms with Crippen molar-refractivity contribution in [3.8, 4) is 0 Å². The predicted molar refractivity (Wildman–Crippen MR) is 85.6 cm³/mol. The first-order valence-corrected chi connectivity index (χ1v) is 7.66. The average molecular weight is 306 g/mol. The molecule has 1 heterocycles. The fraction of sp³-hybridized carbons (Fsp3) is 0.588. The number of benzene rings is 1. The minimum absolute atomic E-state index is 0.0717. The number of carbonyl (C=O) groups is 1. The summed E-state index contributed by atoms with van der Waals surface area (Å²) < 4.78 is 5.97. The minimum Gasteiger partial charge on any atom is -0.394 e. The number of carbonyl (C=O) groups excluding carboxylic acids is 1. The number of amides is 2. The Morgan fingerprint density at radius 2 is 1.95 bits per heavy atom. The van der Waals surface area contributed by atoms with E-state index in [1.54, 1.807) is 0 Å². The van der Waals surface area contributed by atoms with Gasteiger partial charge >= 0.3 is 6.03 Å². The Labute approximate surface area is 132 Å². The zero-order chi connectivity index (χ0) is 16.4. The van der Waals surface area contributed by atoms with Crippen molar-refractivity contribution in [2.75, 3.05) is 6.61 Å². The molecule has 0 radical (unpaired) electrons. The number of ether oxygens (including phenoxy) is 1. The molecule has 3 N–H and O–H groups in total. The van der Waals surface area contributed by atoms with Crippen molar-refractivity contribution >= 4 is 6.03 Å². The summed E-state index contributed by atoms with van der Waals surface area (Å²) in [5.41, 5.74) is 0.210. The molecule has 2 atom stereocenters. The molecular weight excluding hydrogens is 280 g/mol. The SMILES string of the molecule is CC1(C)C[C@@H](NC(=O)N[C@H](CO)c2ccccc2)C(C)(C)O1. The lowest BCUT2D eigenvalue weighted by Gasteiger charge is -2.28. The molecule has 2 rings (SSSR count). The first kappa shape index (κ1) is 16.8. The van der Waals surface area contributed by atoms with Gasteiger partial charge in [0.2, 0.25) is 0 Å². The number of hydrogen-bond acceptors (Lipinski definition) is 3. The fourth-order valence-electron chi connectivity index (χ4n) is 3.06. The summed E-state index contributed by atoms with van der Waals surface area (Å²) >= 11 is 0. The lowest BCUT2D eigenvalue weighted by Crippen LogP contribution is -2.50. The van der Waals surface area contributed by atoms with Gasteiger partial charge in [-0.1, -0.05) is 30.3 Å². The number of rotatable bonds is 4. The largest absolute Gasteiger partial charge is 0.394 e. The summed E-state index contributed by atoms with van der Waals surface area (Å²) in [5.74, 6) is 0. The zero-order valence-electron chi connectivity index (χ0n) is 13.7. The molecule has 22 heavy (non-hydrogen) atoms. The van der Waals surface area contributed by atoms with Gasteiger partial charge in [-0.2, -0.15) is 0 Å². The first-order valence-electron chi connectivity index (χ1n) is 7.66. The number of urea groups is 1. The van der Waals surface area contributed by atoms with E-state index in [0.717, 1.165) is 12.0 Å². The molecule has 0 saturated carbocycles. The van der Waals surface area contributed by atoms with Crippen LogP contribution in [0.5, 0.6) is 0 Å². The van der Waals surface area contributed by atoms with Crippen molar-refractivity contribution in [3.05, 3.63) is 35.9 Å². The summed E-state index contributed by atoms with van der Waals surface area (Å²) in [4.78, 5) is 12.3. The van der Waals surface area contributed by atoms with E-state index in [0.29, 0.717) is 0 Å². The third-order valence-electron chi connectivity index (χ3n) is 4.07. The second-order valence-electron chi connectivity index (χ2n) is 6.99. The van der Waals surface area contributed by atoms with Crippen LogP contribution in [0, 0.1) is 0 Å². The Morgan fingerprint density at radius 3 is 2.45 bits per heavy atom. The molecule has 1 fully saturated rings. The Balaban J connectivity index is 1.98. The molecule has 0 spiro atoms. The maximum Gasteiger partial charge on any atom is 0.315 e. The molecule has 1 aromatic rings. The maximum atomic E-state index is 12.3. The second kappa shape index (κ2) is 6.26. The standard InChI is InChI=1S/C17H26N2O3/c1-16(2)10-14(17(3,4)22-16)19-15(21)18-13(11-20)12-8-6-5-7-9-12/h5-9,13-14,20H,10-11H2,1-4H3,(H2,18,19,21)/t13-,14-/m1/s1. The molecule has 1 aliphatic heterocycles. The van der Waals surface area contributed by atoms with Crippen LogP contribution in [-0.4, -0.2) is 35.0 Å². The highest BCUT2D eigenvalue weighted by atomic mass is 16.5. The van der Waals surface area contributed by atoms with E-state index < -0.39 is 11.6 Å². The molecule has 0 aromatic heterocycles. The number of nitrogens with one attached hydrogen (secondary N) is 2. The van der Waals surface area contributed by atoms with Crippen LogP contribution >= 0.6 is 0 Å². The van der Waals surface area contributed by atoms with Gasteiger partial charge < -0.3 is 20.5 Å². The molecular formula is C17H26N2O3. The van der Waals surface area contributed by atoms with Crippen molar-refractivity contribution in [3.63, 3.8) is 0 Å². The molecule has 122 valence electrons. The molecule has 1 aliphatic rings. The van der Waals surface area contributed by atoms with Gasteiger partial charge in [0.05, 0.1) is 29.9 Å². The van der Waals surface area contributed by atoms with E-state index in [4.69, 9.17) is 4.74 Å². The summed E-state index contributed by atoms with van der Waals surface area (Å²) in [6.07, 6.45) is 0.753. The van der Waals surface area contributed by atoms with Crippen LogP contribution in [0.15, 0.2) is 30.3 Å². The highest BCUT2D eigenvalue weighted by molar-refractivity contribution is 5.75. The van der Waals surface area contributed by atoms with Gasteiger partial charge in [0.1, 0.15) is 0 Å². The van der Waals surface area contributed by atoms with E-state index in [1.807, 2.05) is 58.0 Å². The topological polar surface area (TPSA) is 70.6 Å². The third-order valence-corrected chi connectivity index (χ3v) is 4.07. The van der Waals surface area contributed by atoms with Crippen molar-refractivity contribution in [1.29, 1.82) is 0 Å². The summed E-state index contributed by atoms with van der Waals surface area (Å²) in [5, 5.41) is 15.3. The molecule has 5 heteroatoms. The van der Waals surface area contributed by atoms with Gasteiger partial charge in [0, 0.05) is 0 Å². The van der Waals surface area contributed by atoms with E-state index in [9.17, 15) is 9.90 Å². The van der Waals surface area contributed by atoms with Crippen LogP contribution in [0.1, 0.15) is 45.7 Å². The molecule has 2 amide bonds. The molecule has 1 aromatic carbocycles. The van der Waals surface area contributed by atoms with Gasteiger partial charge in [0.15, 0.2) is 0 Å². The summed E-state index contributed by atoms with van der Waals surface area (Å²) in [6.45, 7) is 7.86. The monoisotopic (exact) mass is 306 g/mol. The van der Waals surface area contributed by atoms with Crippen LogP contribution in [0.25, 0.3) is 0 Å². The van der Waals surface area contributed by atoms with Gasteiger partial charge in [-0.05, 0) is 39.7 Å². The second-order valence-corrected chi connectivity index (χ2v) is 6.99. The Morgan fingerprint density at radius 1 is 1.32 bits per heavy atom. The maximum absolute atomic E-state index is 12.3. The molecule has 0 aliphatic carbocycles. The molecule has 5 nitrogen and oxygen atoms in total. The molecule has 1 saturated heterocycles. The van der Waals surface area contributed by atoms with Crippen molar-refractivity contribution in [2.45, 2.75) is 57.4 Å². The van der Waals surface area contributed by atoms with Crippen LogP contribution in [0.4, 0.5) is 4.79 Å². The number of hydrogen-bond donors (Lipinski definition) is 3. The quantitative estimate of drug-likeness (QED) is 0.800. The van der Waals surface area contributed by atoms with Crippen LogP contribution in [0.2, 0.25) is 0 Å². The van der Waals surface area contributed by atoms with E-state index >= 15 is 0 Å². The van der Waals surface area contributed by atoms with Crippen LogP contribution in [-0.2, 0) is 4.74 Å². The third kappa shape index (κ3) is 3.99. The fourth-order valence-corrected chi connectivity index (χ4v) is 3.06. The van der Waals surface area contributed by atoms with Gasteiger partial charge in [0.25, 0.3) is 0 Å². The first-order chi connectivity index (χ1) is 10.2. The normalized spacial score (nSPS) is 23.8. The lowest BCUT2D eigenvalue weighted by molar-refractivity contribution is -0.0690. The van der Waals surface area contributed by atoms with Crippen LogP contribution in [0.3, 0.4) is 0 Å². The van der Waals surface area contributed by atoms with Gasteiger partial charge in [-0.25, -0.2) is 4.79 Å². The van der Waals surface area contributed by atoms with Crippen molar-refractivity contribution in [1.82, 2.24) is 10.6 Å². The van der Waals surface area contributed by atoms with Crippen molar-refractivity contribution in [2.24, 2.45) is 0 Å². The van der Waals surface area contributed by atoms with Gasteiger partial charge in [-0.15, -0.1) is 0 Å². The summed E-state index contributed by atoms with van der Waals surface area (Å²) in [6, 6.07) is 8.65. The smallest absolute Gasteiger partial charge is 0.315 e. The van der Waals surface area contributed by atoms with Crippen LogP contribution < -0.4 is 10.6 Å². The Kier molecular flexibility index (Phi) is 4.78. The number of aliphatic hydroxyl groups excluding tert-OH is 1. The zero-order valence-corrected chi connectivity index (χ0v) is 13.7. The average Bonchev–Trinajstić information content (AvgIpc) is 2.64.